The van der Waals surface area contributed by atoms with E-state index in [1.807, 2.05) is 31.2 Å². The molecule has 0 radical (unpaired) electrons. The molecule has 1 aromatic heterocycles. The van der Waals surface area contributed by atoms with E-state index in [2.05, 4.69) is 60.2 Å². The van der Waals surface area contributed by atoms with Crippen LogP contribution in [0.1, 0.15) is 16.8 Å². The fourth-order valence-electron chi connectivity index (χ4n) is 3.81. The van der Waals surface area contributed by atoms with Gasteiger partial charge in [-0.1, -0.05) is 48.5 Å². The van der Waals surface area contributed by atoms with Crippen molar-refractivity contribution in [1.82, 2.24) is 0 Å². The second-order valence-corrected chi connectivity index (χ2v) is 9.60. The summed E-state index contributed by atoms with van der Waals surface area (Å²) in [6.07, 6.45) is 4.16. The van der Waals surface area contributed by atoms with Crippen molar-refractivity contribution >= 4 is 43.9 Å². The van der Waals surface area contributed by atoms with Gasteiger partial charge in [-0.2, -0.15) is 4.57 Å². The summed E-state index contributed by atoms with van der Waals surface area (Å²) in [6.45, 7) is 1.91. The van der Waals surface area contributed by atoms with Gasteiger partial charge in [-0.15, -0.1) is 0 Å². The molecule has 0 bridgehead atoms. The number of fused-ring (bicyclic) bond motifs is 2. The number of para-hydroxylation sites is 1. The minimum atomic E-state index is -4.34. The van der Waals surface area contributed by atoms with Crippen molar-refractivity contribution in [2.75, 3.05) is 0 Å². The van der Waals surface area contributed by atoms with Crippen molar-refractivity contribution < 1.29 is 22.6 Å². The molecule has 0 fully saturated rings. The van der Waals surface area contributed by atoms with Gasteiger partial charge in [0.2, 0.25) is 11.2 Å². The van der Waals surface area contributed by atoms with Crippen LogP contribution in [0.5, 0.6) is 5.75 Å². The van der Waals surface area contributed by atoms with E-state index in [1.165, 1.54) is 23.0 Å². The monoisotopic (exact) mass is 483 g/mol. The Balaban J connectivity index is 0.000000179. The predicted octanol–water partition coefficient (Wildman–Crippen LogP) is 5.59. The summed E-state index contributed by atoms with van der Waals surface area (Å²) in [5.41, 5.74) is 4.32. The van der Waals surface area contributed by atoms with Crippen LogP contribution in [0.2, 0.25) is 0 Å². The van der Waals surface area contributed by atoms with E-state index in [0.717, 1.165) is 27.6 Å². The molecule has 1 heterocycles. The Kier molecular flexibility index (Phi) is 6.96. The molecule has 0 atom stereocenters. The molecule has 0 amide bonds. The van der Waals surface area contributed by atoms with Crippen molar-refractivity contribution in [1.29, 1.82) is 0 Å². The van der Waals surface area contributed by atoms with Crippen molar-refractivity contribution in [3.63, 3.8) is 0 Å². The van der Waals surface area contributed by atoms with Crippen LogP contribution in [0.25, 0.3) is 33.8 Å². The number of pyridine rings is 1. The fourth-order valence-corrected chi connectivity index (χ4v) is 4.32. The third-order valence-corrected chi connectivity index (χ3v) is 6.63. The summed E-state index contributed by atoms with van der Waals surface area (Å²) in [6, 6.07) is 29.8. The van der Waals surface area contributed by atoms with Crippen LogP contribution in [-0.2, 0) is 17.2 Å². The SMILES string of the molecule is Cc1cc(C=Cc2ccc3ccccc3[n+]2C)ccc1O.O=S(=O)([O-])c1ccc2ccccc2c1. The zero-order valence-electron chi connectivity index (χ0n) is 19.4. The number of aryl methyl sites for hydroxylation is 2. The summed E-state index contributed by atoms with van der Waals surface area (Å²) < 4.78 is 34.3. The van der Waals surface area contributed by atoms with Gasteiger partial charge in [-0.25, -0.2) is 8.42 Å². The number of aromatic hydroxyl groups is 1. The van der Waals surface area contributed by atoms with Crippen molar-refractivity contribution in [2.24, 2.45) is 7.05 Å². The molecule has 0 aliphatic rings. The van der Waals surface area contributed by atoms with E-state index >= 15 is 0 Å². The van der Waals surface area contributed by atoms with Gasteiger partial charge in [0.25, 0.3) is 0 Å². The number of nitrogens with zero attached hydrogens (tertiary/aromatic N) is 1. The van der Waals surface area contributed by atoms with Gasteiger partial charge in [0.15, 0.2) is 0 Å². The molecule has 4 aromatic carbocycles. The Hall–Kier alpha value is -4.00. The zero-order chi connectivity index (χ0) is 25.0. The maximum absolute atomic E-state index is 10.7. The molecule has 0 saturated carbocycles. The second-order valence-electron chi connectivity index (χ2n) is 8.22. The number of rotatable bonds is 3. The lowest BCUT2D eigenvalue weighted by molar-refractivity contribution is -0.646. The van der Waals surface area contributed by atoms with Gasteiger partial charge in [0.1, 0.15) is 22.9 Å². The highest BCUT2D eigenvalue weighted by Crippen LogP contribution is 2.19. The number of benzene rings is 4. The molecule has 0 spiro atoms. The minimum Gasteiger partial charge on any atom is -0.744 e. The van der Waals surface area contributed by atoms with Crippen LogP contribution in [0.3, 0.4) is 0 Å². The van der Waals surface area contributed by atoms with E-state index in [0.29, 0.717) is 5.75 Å². The van der Waals surface area contributed by atoms with Crippen LogP contribution < -0.4 is 4.57 Å². The molecule has 5 rings (SSSR count). The first-order chi connectivity index (χ1) is 16.7. The van der Waals surface area contributed by atoms with Gasteiger partial charge >= 0.3 is 0 Å². The average molecular weight is 484 g/mol. The first kappa shape index (κ1) is 24.1. The van der Waals surface area contributed by atoms with Gasteiger partial charge in [0.05, 0.1) is 4.90 Å². The largest absolute Gasteiger partial charge is 0.744 e. The first-order valence-electron chi connectivity index (χ1n) is 11.0. The Labute approximate surface area is 205 Å². The molecule has 0 unspecified atom stereocenters. The highest BCUT2D eigenvalue weighted by atomic mass is 32.2. The lowest BCUT2D eigenvalue weighted by Gasteiger charge is -2.07. The van der Waals surface area contributed by atoms with Crippen LogP contribution in [0.4, 0.5) is 0 Å². The summed E-state index contributed by atoms with van der Waals surface area (Å²) in [5, 5.41) is 12.5. The Morgan fingerprint density at radius 3 is 2.14 bits per heavy atom. The average Bonchev–Trinajstić information content (AvgIpc) is 2.85. The third-order valence-electron chi connectivity index (χ3n) is 5.80. The molecule has 1 N–H and O–H groups in total. The van der Waals surface area contributed by atoms with Gasteiger partial charge in [-0.05, 0) is 71.3 Å². The molecule has 5 nitrogen and oxygen atoms in total. The molecule has 0 aliphatic heterocycles. The molecule has 5 aromatic rings. The summed E-state index contributed by atoms with van der Waals surface area (Å²) in [7, 11) is -2.27. The lowest BCUT2D eigenvalue weighted by Crippen LogP contribution is -2.32. The maximum Gasteiger partial charge on any atom is 0.212 e. The normalized spacial score (nSPS) is 11.5. The van der Waals surface area contributed by atoms with Crippen molar-refractivity contribution in [3.8, 4) is 5.75 Å². The maximum atomic E-state index is 10.7. The van der Waals surface area contributed by atoms with E-state index in [-0.39, 0.29) is 4.90 Å². The minimum absolute atomic E-state index is 0.184. The smallest absolute Gasteiger partial charge is 0.212 e. The standard InChI is InChI=1S/C19H17NO.C10H8O3S/c1-14-13-15(8-12-19(14)21)7-10-17-11-9-16-5-3-4-6-18(16)20(17)2;11-14(12,13)10-6-5-8-3-1-2-4-9(8)7-10/h3-13H,1-2H3;1-7H,(H,11,12,13). The second kappa shape index (κ2) is 10.1. The first-order valence-corrected chi connectivity index (χ1v) is 12.4. The Morgan fingerprint density at radius 2 is 1.43 bits per heavy atom. The molecular weight excluding hydrogens is 458 g/mol. The molecule has 176 valence electrons. The number of hydrogen-bond donors (Lipinski definition) is 1. The quantitative estimate of drug-likeness (QED) is 0.268. The summed E-state index contributed by atoms with van der Waals surface area (Å²) in [4.78, 5) is -0.184. The van der Waals surface area contributed by atoms with Gasteiger partial charge in [-0.3, -0.25) is 0 Å². The van der Waals surface area contributed by atoms with Crippen LogP contribution in [0, 0.1) is 6.92 Å². The summed E-state index contributed by atoms with van der Waals surface area (Å²) in [5.74, 6) is 0.336. The number of phenolic OH excluding ortho intramolecular Hbond substituents is 1. The van der Waals surface area contributed by atoms with Crippen molar-refractivity contribution in [3.05, 3.63) is 114 Å². The predicted molar refractivity (Wildman–Crippen MR) is 139 cm³/mol. The van der Waals surface area contributed by atoms with Gasteiger partial charge < -0.3 is 9.66 Å². The zero-order valence-corrected chi connectivity index (χ0v) is 20.2. The molecule has 0 saturated heterocycles. The molecule has 0 aliphatic carbocycles. The topological polar surface area (TPSA) is 81.3 Å². The molecule has 35 heavy (non-hydrogen) atoms. The van der Waals surface area contributed by atoms with Gasteiger partial charge in [0, 0.05) is 23.6 Å². The van der Waals surface area contributed by atoms with Crippen LogP contribution in [0.15, 0.2) is 102 Å². The van der Waals surface area contributed by atoms with E-state index in [9.17, 15) is 18.1 Å². The highest BCUT2D eigenvalue weighted by Gasteiger charge is 2.08. The molecule has 6 heteroatoms. The third kappa shape index (κ3) is 5.74. The highest BCUT2D eigenvalue weighted by molar-refractivity contribution is 7.85. The van der Waals surface area contributed by atoms with Crippen LogP contribution >= 0.6 is 0 Å². The van der Waals surface area contributed by atoms with E-state index in [4.69, 9.17) is 0 Å². The van der Waals surface area contributed by atoms with E-state index < -0.39 is 10.1 Å². The number of hydrogen-bond acceptors (Lipinski definition) is 4. The van der Waals surface area contributed by atoms with Crippen LogP contribution in [-0.4, -0.2) is 18.1 Å². The summed E-state index contributed by atoms with van der Waals surface area (Å²) >= 11 is 0. The number of aromatic nitrogens is 1. The van der Waals surface area contributed by atoms with Crippen molar-refractivity contribution in [2.45, 2.75) is 11.8 Å². The molecular formula is C29H25NO4S. The number of phenols is 1. The van der Waals surface area contributed by atoms with E-state index in [1.54, 1.807) is 24.3 Å². The Morgan fingerprint density at radius 1 is 0.771 bits per heavy atom. The Bertz CT molecular complexity index is 1660. The lowest BCUT2D eigenvalue weighted by atomic mass is 10.1. The fraction of sp³-hybridized carbons (Fsp3) is 0.0690.